The minimum absolute atomic E-state index is 0.375. The molecule has 104 valence electrons. The van der Waals surface area contributed by atoms with Crippen LogP contribution < -0.4 is 4.74 Å². The largest absolute Gasteiger partial charge is 0.485 e. The number of rotatable bonds is 1. The van der Waals surface area contributed by atoms with Gasteiger partial charge in [-0.25, -0.2) is 0 Å². The summed E-state index contributed by atoms with van der Waals surface area (Å²) in [4.78, 5) is 0. The van der Waals surface area contributed by atoms with Crippen LogP contribution in [-0.2, 0) is 0 Å². The molecule has 1 aliphatic rings. The van der Waals surface area contributed by atoms with Gasteiger partial charge in [0.05, 0.1) is 6.10 Å². The fourth-order valence-corrected chi connectivity index (χ4v) is 3.23. The maximum absolute atomic E-state index is 10.3. The molecule has 0 radical (unpaired) electrons. The van der Waals surface area contributed by atoms with Crippen LogP contribution in [0.1, 0.15) is 29.8 Å². The average Bonchev–Trinajstić information content (AvgIpc) is 2.39. The van der Waals surface area contributed by atoms with Crippen molar-refractivity contribution in [2.45, 2.75) is 18.6 Å². The number of ether oxygens (including phenoxy) is 1. The van der Waals surface area contributed by atoms with E-state index in [4.69, 9.17) is 39.5 Å². The van der Waals surface area contributed by atoms with Crippen LogP contribution in [0, 0.1) is 0 Å². The standard InChI is InChI=1S/C15H11Cl3O2/c16-8-4-5-13-9(6-8)12(19)7-14(20-13)15-10(17)2-1-3-11(15)18/h1-6,12,14,19H,7H2. The number of benzene rings is 2. The molecule has 20 heavy (non-hydrogen) atoms. The first-order valence-corrected chi connectivity index (χ1v) is 7.27. The van der Waals surface area contributed by atoms with E-state index < -0.39 is 6.10 Å². The highest BCUT2D eigenvalue weighted by atomic mass is 35.5. The van der Waals surface area contributed by atoms with Crippen LogP contribution in [0.2, 0.25) is 15.1 Å². The topological polar surface area (TPSA) is 29.5 Å². The predicted molar refractivity (Wildman–Crippen MR) is 80.9 cm³/mol. The molecular formula is C15H11Cl3O2. The lowest BCUT2D eigenvalue weighted by Crippen LogP contribution is -2.19. The van der Waals surface area contributed by atoms with Crippen molar-refractivity contribution >= 4 is 34.8 Å². The summed E-state index contributed by atoms with van der Waals surface area (Å²) in [5, 5.41) is 11.9. The van der Waals surface area contributed by atoms with Crippen LogP contribution in [0.3, 0.4) is 0 Å². The summed E-state index contributed by atoms with van der Waals surface area (Å²) in [7, 11) is 0. The van der Waals surface area contributed by atoms with E-state index in [0.717, 1.165) is 0 Å². The van der Waals surface area contributed by atoms with E-state index in [-0.39, 0.29) is 6.10 Å². The maximum atomic E-state index is 10.3. The minimum Gasteiger partial charge on any atom is -0.485 e. The Kier molecular flexibility index (Phi) is 3.83. The van der Waals surface area contributed by atoms with Gasteiger partial charge in [-0.3, -0.25) is 0 Å². The van der Waals surface area contributed by atoms with Crippen molar-refractivity contribution in [3.05, 3.63) is 62.6 Å². The summed E-state index contributed by atoms with van der Waals surface area (Å²) in [5.41, 5.74) is 1.40. The molecule has 0 fully saturated rings. The van der Waals surface area contributed by atoms with Crippen molar-refractivity contribution in [3.8, 4) is 5.75 Å². The second kappa shape index (κ2) is 5.45. The van der Waals surface area contributed by atoms with E-state index in [9.17, 15) is 5.11 Å². The molecule has 2 atom stereocenters. The first-order chi connectivity index (χ1) is 9.56. The van der Waals surface area contributed by atoms with Crippen molar-refractivity contribution in [1.29, 1.82) is 0 Å². The fourth-order valence-electron chi connectivity index (χ4n) is 2.41. The van der Waals surface area contributed by atoms with Gasteiger partial charge in [-0.1, -0.05) is 40.9 Å². The normalized spacial score (nSPS) is 21.2. The van der Waals surface area contributed by atoms with Crippen LogP contribution in [0.5, 0.6) is 5.75 Å². The maximum Gasteiger partial charge on any atom is 0.129 e. The number of aliphatic hydroxyl groups is 1. The molecule has 0 aliphatic carbocycles. The van der Waals surface area contributed by atoms with Gasteiger partial charge in [-0.15, -0.1) is 0 Å². The third-order valence-corrected chi connectivity index (χ3v) is 4.25. The Balaban J connectivity index is 2.01. The molecule has 2 aromatic rings. The SMILES string of the molecule is OC1CC(c2c(Cl)cccc2Cl)Oc2ccc(Cl)cc21. The van der Waals surface area contributed by atoms with Gasteiger partial charge >= 0.3 is 0 Å². The molecule has 0 saturated heterocycles. The molecular weight excluding hydrogens is 319 g/mol. The Morgan fingerprint density at radius 2 is 1.75 bits per heavy atom. The molecule has 3 rings (SSSR count). The first-order valence-electron chi connectivity index (χ1n) is 6.14. The van der Waals surface area contributed by atoms with E-state index in [0.29, 0.717) is 38.4 Å². The van der Waals surface area contributed by atoms with Gasteiger partial charge in [0.15, 0.2) is 0 Å². The van der Waals surface area contributed by atoms with E-state index in [1.54, 1.807) is 36.4 Å². The minimum atomic E-state index is -0.658. The van der Waals surface area contributed by atoms with Crippen molar-refractivity contribution in [3.63, 3.8) is 0 Å². The fraction of sp³-hybridized carbons (Fsp3) is 0.200. The molecule has 1 aliphatic heterocycles. The molecule has 0 bridgehead atoms. The molecule has 0 amide bonds. The summed E-state index contributed by atoms with van der Waals surface area (Å²) in [6, 6.07) is 10.5. The van der Waals surface area contributed by atoms with Gasteiger partial charge in [0, 0.05) is 32.6 Å². The van der Waals surface area contributed by atoms with Crippen molar-refractivity contribution in [2.75, 3.05) is 0 Å². The third kappa shape index (κ3) is 2.49. The van der Waals surface area contributed by atoms with Gasteiger partial charge in [0.2, 0.25) is 0 Å². The van der Waals surface area contributed by atoms with Gasteiger partial charge < -0.3 is 9.84 Å². The summed E-state index contributed by atoms with van der Waals surface area (Å²) in [5.74, 6) is 0.606. The zero-order valence-corrected chi connectivity index (χ0v) is 12.6. The summed E-state index contributed by atoms with van der Waals surface area (Å²) >= 11 is 18.3. The highest BCUT2D eigenvalue weighted by Crippen LogP contribution is 2.44. The highest BCUT2D eigenvalue weighted by Gasteiger charge is 2.30. The van der Waals surface area contributed by atoms with Gasteiger partial charge in [-0.05, 0) is 30.3 Å². The highest BCUT2D eigenvalue weighted by molar-refractivity contribution is 6.36. The molecule has 0 aromatic heterocycles. The lowest BCUT2D eigenvalue weighted by Gasteiger charge is -2.30. The molecule has 0 spiro atoms. The van der Waals surface area contributed by atoms with Crippen molar-refractivity contribution in [2.24, 2.45) is 0 Å². The Bertz CT molecular complexity index is 637. The van der Waals surface area contributed by atoms with Crippen LogP contribution in [0.4, 0.5) is 0 Å². The predicted octanol–water partition coefficient (Wildman–Crippen LogP) is 5.20. The third-order valence-electron chi connectivity index (χ3n) is 3.36. The number of fused-ring (bicyclic) bond motifs is 1. The zero-order valence-electron chi connectivity index (χ0n) is 10.3. The van der Waals surface area contributed by atoms with E-state index in [1.807, 2.05) is 0 Å². The monoisotopic (exact) mass is 328 g/mol. The van der Waals surface area contributed by atoms with E-state index >= 15 is 0 Å². The Hall–Kier alpha value is -0.930. The number of halogens is 3. The molecule has 2 aromatic carbocycles. The lowest BCUT2D eigenvalue weighted by molar-refractivity contribution is 0.0658. The van der Waals surface area contributed by atoms with Gasteiger partial charge in [0.1, 0.15) is 11.9 Å². The van der Waals surface area contributed by atoms with Crippen LogP contribution >= 0.6 is 34.8 Å². The van der Waals surface area contributed by atoms with Crippen LogP contribution in [0.15, 0.2) is 36.4 Å². The Morgan fingerprint density at radius 1 is 1.05 bits per heavy atom. The van der Waals surface area contributed by atoms with E-state index in [1.165, 1.54) is 0 Å². The summed E-state index contributed by atoms with van der Waals surface area (Å²) in [6.07, 6.45) is -0.647. The molecule has 0 saturated carbocycles. The second-order valence-electron chi connectivity index (χ2n) is 4.68. The smallest absolute Gasteiger partial charge is 0.129 e. The average molecular weight is 330 g/mol. The summed E-state index contributed by atoms with van der Waals surface area (Å²) < 4.78 is 5.92. The van der Waals surface area contributed by atoms with Gasteiger partial charge in [-0.2, -0.15) is 0 Å². The number of aliphatic hydroxyl groups excluding tert-OH is 1. The quantitative estimate of drug-likeness (QED) is 0.779. The van der Waals surface area contributed by atoms with Gasteiger partial charge in [0.25, 0.3) is 0 Å². The molecule has 5 heteroatoms. The van der Waals surface area contributed by atoms with Crippen molar-refractivity contribution < 1.29 is 9.84 Å². The molecule has 1 heterocycles. The molecule has 2 nitrogen and oxygen atoms in total. The number of hydrogen-bond donors (Lipinski definition) is 1. The molecule has 2 unspecified atom stereocenters. The first kappa shape index (κ1) is 14.0. The summed E-state index contributed by atoms with van der Waals surface area (Å²) in [6.45, 7) is 0. The Morgan fingerprint density at radius 3 is 2.45 bits per heavy atom. The Labute approximate surface area is 131 Å². The lowest BCUT2D eigenvalue weighted by atomic mass is 9.95. The van der Waals surface area contributed by atoms with Crippen LogP contribution in [0.25, 0.3) is 0 Å². The second-order valence-corrected chi connectivity index (χ2v) is 5.93. The zero-order chi connectivity index (χ0) is 14.3. The molecule has 1 N–H and O–H groups in total. The number of hydrogen-bond acceptors (Lipinski definition) is 2. The van der Waals surface area contributed by atoms with Crippen LogP contribution in [-0.4, -0.2) is 5.11 Å². The van der Waals surface area contributed by atoms with Crippen molar-refractivity contribution in [1.82, 2.24) is 0 Å². The van der Waals surface area contributed by atoms with E-state index in [2.05, 4.69) is 0 Å².